The summed E-state index contributed by atoms with van der Waals surface area (Å²) in [6, 6.07) is 6.90. The minimum Gasteiger partial charge on any atom is -0.447 e. The van der Waals surface area contributed by atoms with Gasteiger partial charge in [-0.05, 0) is 31.0 Å². The van der Waals surface area contributed by atoms with E-state index in [0.717, 1.165) is 25.7 Å². The molecule has 1 aliphatic heterocycles. The highest BCUT2D eigenvalue weighted by atomic mass is 16.6. The molecular weight excluding hydrogens is 334 g/mol. The molecule has 0 spiro atoms. The summed E-state index contributed by atoms with van der Waals surface area (Å²) >= 11 is 0. The summed E-state index contributed by atoms with van der Waals surface area (Å²) in [5, 5.41) is 5.46. The smallest absolute Gasteiger partial charge is 0.414 e. The number of hydrogen-bond acceptors (Lipinski definition) is 4. The van der Waals surface area contributed by atoms with Crippen LogP contribution < -0.4 is 15.5 Å². The maximum Gasteiger partial charge on any atom is 0.414 e. The number of carbonyl (C=O) groups is 3. The first-order chi connectivity index (χ1) is 12.6. The lowest BCUT2D eigenvalue weighted by atomic mass is 9.97. The highest BCUT2D eigenvalue weighted by Crippen LogP contribution is 2.22. The van der Waals surface area contributed by atoms with E-state index in [1.165, 1.54) is 24.2 Å². The number of anilines is 2. The summed E-state index contributed by atoms with van der Waals surface area (Å²) in [6.07, 6.45) is 7.23. The number of ether oxygens (including phenoxy) is 1. The Labute approximate surface area is 153 Å². The normalized spacial score (nSPS) is 18.6. The van der Waals surface area contributed by atoms with E-state index in [9.17, 15) is 14.4 Å². The third-order valence-corrected chi connectivity index (χ3v) is 4.82. The van der Waals surface area contributed by atoms with Gasteiger partial charge in [-0.25, -0.2) is 4.79 Å². The largest absolute Gasteiger partial charge is 0.447 e. The van der Waals surface area contributed by atoms with E-state index < -0.39 is 17.9 Å². The zero-order valence-electron chi connectivity index (χ0n) is 14.8. The van der Waals surface area contributed by atoms with Gasteiger partial charge in [0.15, 0.2) is 0 Å². The van der Waals surface area contributed by atoms with Crippen LogP contribution in [-0.4, -0.2) is 37.1 Å². The molecule has 0 atom stereocenters. The van der Waals surface area contributed by atoms with Gasteiger partial charge in [0.1, 0.15) is 6.61 Å². The number of nitrogens with zero attached hydrogens (tertiary/aromatic N) is 1. The number of cyclic esters (lactones) is 1. The van der Waals surface area contributed by atoms with E-state index in [1.807, 2.05) is 0 Å². The molecule has 1 saturated heterocycles. The molecule has 0 radical (unpaired) electrons. The van der Waals surface area contributed by atoms with Gasteiger partial charge in [-0.3, -0.25) is 14.5 Å². The fourth-order valence-corrected chi connectivity index (χ4v) is 3.42. The van der Waals surface area contributed by atoms with Crippen LogP contribution in [0.4, 0.5) is 16.2 Å². The average Bonchev–Trinajstić information content (AvgIpc) is 3.03. The van der Waals surface area contributed by atoms with Crippen LogP contribution in [0.2, 0.25) is 0 Å². The second-order valence-corrected chi connectivity index (χ2v) is 6.79. The van der Waals surface area contributed by atoms with Gasteiger partial charge in [0.2, 0.25) is 0 Å². The second-order valence-electron chi connectivity index (χ2n) is 6.79. The molecule has 0 unspecified atom stereocenters. The maximum atomic E-state index is 12.2. The molecule has 2 N–H and O–H groups in total. The molecular formula is C19H25N3O4. The highest BCUT2D eigenvalue weighted by molar-refractivity contribution is 6.39. The van der Waals surface area contributed by atoms with Crippen molar-refractivity contribution in [1.29, 1.82) is 0 Å². The molecule has 2 aliphatic rings. The molecule has 1 saturated carbocycles. The molecule has 0 bridgehead atoms. The zero-order chi connectivity index (χ0) is 18.4. The Kier molecular flexibility index (Phi) is 6.09. The Balaban J connectivity index is 1.56. The van der Waals surface area contributed by atoms with Crippen LogP contribution in [-0.2, 0) is 14.3 Å². The fourth-order valence-electron chi connectivity index (χ4n) is 3.42. The third kappa shape index (κ3) is 4.74. The molecule has 2 fully saturated rings. The van der Waals surface area contributed by atoms with E-state index in [0.29, 0.717) is 24.5 Å². The van der Waals surface area contributed by atoms with Crippen LogP contribution in [0.1, 0.15) is 44.9 Å². The number of amides is 3. The van der Waals surface area contributed by atoms with Crippen LogP contribution in [0, 0.1) is 0 Å². The van der Waals surface area contributed by atoms with Gasteiger partial charge in [-0.1, -0.05) is 38.2 Å². The van der Waals surface area contributed by atoms with Gasteiger partial charge in [0.25, 0.3) is 0 Å². The van der Waals surface area contributed by atoms with Gasteiger partial charge in [-0.2, -0.15) is 0 Å². The summed E-state index contributed by atoms with van der Waals surface area (Å²) in [4.78, 5) is 37.5. The van der Waals surface area contributed by atoms with Crippen molar-refractivity contribution < 1.29 is 19.1 Å². The Hall–Kier alpha value is -2.57. The van der Waals surface area contributed by atoms with E-state index in [4.69, 9.17) is 4.74 Å². The average molecular weight is 359 g/mol. The first kappa shape index (κ1) is 18.2. The standard InChI is InChI=1S/C19H25N3O4/c23-17(20-14-7-4-2-1-3-5-8-14)18(24)21-15-9-6-10-16(13-15)22-11-12-26-19(22)25/h6,9-10,13-14H,1-5,7-8,11-12H2,(H,20,23)(H,21,24). The van der Waals surface area contributed by atoms with E-state index in [-0.39, 0.29) is 6.04 Å². The van der Waals surface area contributed by atoms with Crippen LogP contribution >= 0.6 is 0 Å². The minimum absolute atomic E-state index is 0.0688. The maximum absolute atomic E-state index is 12.2. The summed E-state index contributed by atoms with van der Waals surface area (Å²) in [6.45, 7) is 0.817. The molecule has 1 aromatic carbocycles. The van der Waals surface area contributed by atoms with Crippen molar-refractivity contribution in [3.05, 3.63) is 24.3 Å². The molecule has 7 heteroatoms. The Bertz CT molecular complexity index is 669. The topological polar surface area (TPSA) is 87.7 Å². The molecule has 7 nitrogen and oxygen atoms in total. The molecule has 26 heavy (non-hydrogen) atoms. The molecule has 140 valence electrons. The van der Waals surface area contributed by atoms with Gasteiger partial charge < -0.3 is 15.4 Å². The van der Waals surface area contributed by atoms with Crippen molar-refractivity contribution in [3.63, 3.8) is 0 Å². The van der Waals surface area contributed by atoms with Crippen LogP contribution in [0.25, 0.3) is 0 Å². The Morgan fingerprint density at radius 1 is 1.04 bits per heavy atom. The van der Waals surface area contributed by atoms with Crippen molar-refractivity contribution in [2.45, 2.75) is 51.0 Å². The number of benzene rings is 1. The molecule has 0 aromatic heterocycles. The van der Waals surface area contributed by atoms with Crippen molar-refractivity contribution in [2.75, 3.05) is 23.4 Å². The monoisotopic (exact) mass is 359 g/mol. The quantitative estimate of drug-likeness (QED) is 0.813. The van der Waals surface area contributed by atoms with Gasteiger partial charge in [0, 0.05) is 17.4 Å². The summed E-state index contributed by atoms with van der Waals surface area (Å²) in [7, 11) is 0. The predicted molar refractivity (Wildman–Crippen MR) is 98.0 cm³/mol. The first-order valence-electron chi connectivity index (χ1n) is 9.30. The summed E-state index contributed by atoms with van der Waals surface area (Å²) < 4.78 is 4.92. The van der Waals surface area contributed by atoms with Crippen molar-refractivity contribution in [3.8, 4) is 0 Å². The van der Waals surface area contributed by atoms with Crippen LogP contribution in [0.15, 0.2) is 24.3 Å². The van der Waals surface area contributed by atoms with Gasteiger partial charge in [0.05, 0.1) is 6.54 Å². The van der Waals surface area contributed by atoms with E-state index in [2.05, 4.69) is 10.6 Å². The SMILES string of the molecule is O=C(Nc1cccc(N2CCOC2=O)c1)C(=O)NC1CCCCCCC1. The van der Waals surface area contributed by atoms with Gasteiger partial charge in [-0.15, -0.1) is 0 Å². The molecule has 3 amide bonds. The van der Waals surface area contributed by atoms with E-state index >= 15 is 0 Å². The lowest BCUT2D eigenvalue weighted by Crippen LogP contribution is -2.42. The third-order valence-electron chi connectivity index (χ3n) is 4.82. The predicted octanol–water partition coefficient (Wildman–Crippen LogP) is 2.81. The van der Waals surface area contributed by atoms with Crippen molar-refractivity contribution in [1.82, 2.24) is 5.32 Å². The zero-order valence-corrected chi connectivity index (χ0v) is 14.8. The first-order valence-corrected chi connectivity index (χ1v) is 9.30. The van der Waals surface area contributed by atoms with Crippen molar-refractivity contribution in [2.24, 2.45) is 0 Å². The molecule has 1 aliphatic carbocycles. The Morgan fingerprint density at radius 3 is 2.46 bits per heavy atom. The van der Waals surface area contributed by atoms with Crippen LogP contribution in [0.3, 0.4) is 0 Å². The van der Waals surface area contributed by atoms with Crippen LogP contribution in [0.5, 0.6) is 0 Å². The number of nitrogens with one attached hydrogen (secondary N) is 2. The highest BCUT2D eigenvalue weighted by Gasteiger charge is 2.24. The number of carbonyl (C=O) groups excluding carboxylic acids is 3. The number of hydrogen-bond donors (Lipinski definition) is 2. The second kappa shape index (κ2) is 8.69. The minimum atomic E-state index is -0.687. The fraction of sp³-hybridized carbons (Fsp3) is 0.526. The lowest BCUT2D eigenvalue weighted by molar-refractivity contribution is -0.136. The van der Waals surface area contributed by atoms with E-state index in [1.54, 1.807) is 24.3 Å². The summed E-state index contributed by atoms with van der Waals surface area (Å²) in [5.74, 6) is -1.30. The Morgan fingerprint density at radius 2 is 1.77 bits per heavy atom. The molecule has 1 aromatic rings. The number of rotatable bonds is 3. The van der Waals surface area contributed by atoms with Gasteiger partial charge >= 0.3 is 17.9 Å². The summed E-state index contributed by atoms with van der Waals surface area (Å²) in [5.41, 5.74) is 1.10. The molecule has 3 rings (SSSR count). The van der Waals surface area contributed by atoms with Crippen molar-refractivity contribution >= 4 is 29.3 Å². The molecule has 1 heterocycles. The lowest BCUT2D eigenvalue weighted by Gasteiger charge is -2.20.